The largest absolute Gasteiger partial charge is 0.0836 e. The van der Waals surface area contributed by atoms with E-state index in [-0.39, 0.29) is 0 Å². The summed E-state index contributed by atoms with van der Waals surface area (Å²) in [6.07, 6.45) is 0. The Morgan fingerprint density at radius 3 is 1.15 bits per heavy atom. The number of hydrogen-bond donors (Lipinski definition) is 0. The third-order valence-electron chi connectivity index (χ3n) is 3.23. The highest BCUT2D eigenvalue weighted by Gasteiger charge is 2.14. The molecule has 0 aromatic heterocycles. The molecule has 0 bridgehead atoms. The summed E-state index contributed by atoms with van der Waals surface area (Å²) in [6.45, 7) is 0. The summed E-state index contributed by atoms with van der Waals surface area (Å²) >= 11 is 12.9. The molecule has 3 aromatic carbocycles. The van der Waals surface area contributed by atoms with Crippen LogP contribution in [0.25, 0.3) is 22.3 Å². The number of rotatable bonds is 2. The van der Waals surface area contributed by atoms with Gasteiger partial charge in [-0.05, 0) is 23.3 Å². The zero-order chi connectivity index (χ0) is 13.9. The van der Waals surface area contributed by atoms with E-state index in [0.29, 0.717) is 10.0 Å². The highest BCUT2D eigenvalue weighted by Crippen LogP contribution is 2.41. The van der Waals surface area contributed by atoms with Crippen molar-refractivity contribution in [3.8, 4) is 22.3 Å². The molecule has 98 valence electrons. The third-order valence-corrected chi connectivity index (χ3v) is 3.86. The van der Waals surface area contributed by atoms with Crippen molar-refractivity contribution in [1.29, 1.82) is 0 Å². The first-order chi connectivity index (χ1) is 9.77. The van der Waals surface area contributed by atoms with Gasteiger partial charge in [0.15, 0.2) is 0 Å². The van der Waals surface area contributed by atoms with E-state index in [9.17, 15) is 0 Å². The van der Waals surface area contributed by atoms with Gasteiger partial charge in [0.2, 0.25) is 0 Å². The number of hydrogen-bond acceptors (Lipinski definition) is 0. The molecule has 2 heteroatoms. The van der Waals surface area contributed by atoms with Crippen LogP contribution in [0.2, 0.25) is 10.0 Å². The molecule has 3 aromatic rings. The first-order valence-electron chi connectivity index (χ1n) is 6.36. The molecule has 0 fully saturated rings. The summed E-state index contributed by atoms with van der Waals surface area (Å²) in [6, 6.07) is 23.9. The summed E-state index contributed by atoms with van der Waals surface area (Å²) in [5.74, 6) is 0. The van der Waals surface area contributed by atoms with Gasteiger partial charge in [0.05, 0.1) is 0 Å². The van der Waals surface area contributed by atoms with E-state index in [0.717, 1.165) is 22.3 Å². The van der Waals surface area contributed by atoms with Gasteiger partial charge < -0.3 is 0 Å². The minimum Gasteiger partial charge on any atom is -0.0836 e. The highest BCUT2D eigenvalue weighted by atomic mass is 35.5. The zero-order valence-corrected chi connectivity index (χ0v) is 12.2. The Morgan fingerprint density at radius 1 is 0.450 bits per heavy atom. The quantitative estimate of drug-likeness (QED) is 0.519. The van der Waals surface area contributed by atoms with Crippen LogP contribution in [-0.4, -0.2) is 0 Å². The smallest absolute Gasteiger partial charge is 0.0491 e. The SMILES string of the molecule is Clc1ccc(Cl)c(-c2ccccc2)c1-c1ccccc1. The molecular weight excluding hydrogens is 287 g/mol. The Kier molecular flexibility index (Phi) is 3.77. The minimum absolute atomic E-state index is 0.708. The standard InChI is InChI=1S/C18H12Cl2/c19-15-11-12-16(20)18(14-9-5-2-6-10-14)17(15)13-7-3-1-4-8-13/h1-12H. The summed E-state index contributed by atoms with van der Waals surface area (Å²) in [4.78, 5) is 0. The van der Waals surface area contributed by atoms with Gasteiger partial charge in [-0.25, -0.2) is 0 Å². The third kappa shape index (κ3) is 2.45. The second-order valence-electron chi connectivity index (χ2n) is 4.51. The van der Waals surface area contributed by atoms with Crippen molar-refractivity contribution in [3.63, 3.8) is 0 Å². The molecule has 0 aliphatic heterocycles. The van der Waals surface area contributed by atoms with E-state index in [1.807, 2.05) is 72.8 Å². The summed E-state index contributed by atoms with van der Waals surface area (Å²) < 4.78 is 0. The number of benzene rings is 3. The van der Waals surface area contributed by atoms with E-state index < -0.39 is 0 Å². The maximum Gasteiger partial charge on any atom is 0.0491 e. The van der Waals surface area contributed by atoms with Gasteiger partial charge in [-0.15, -0.1) is 0 Å². The van der Waals surface area contributed by atoms with Crippen molar-refractivity contribution < 1.29 is 0 Å². The molecule has 0 atom stereocenters. The van der Waals surface area contributed by atoms with Crippen molar-refractivity contribution in [2.45, 2.75) is 0 Å². The van der Waals surface area contributed by atoms with Gasteiger partial charge >= 0.3 is 0 Å². The summed E-state index contributed by atoms with van der Waals surface area (Å²) in [5.41, 5.74) is 4.09. The molecule has 0 N–H and O–H groups in total. The van der Waals surface area contributed by atoms with Crippen molar-refractivity contribution in [1.82, 2.24) is 0 Å². The molecule has 0 radical (unpaired) electrons. The topological polar surface area (TPSA) is 0 Å². The van der Waals surface area contributed by atoms with Gasteiger partial charge in [-0.1, -0.05) is 83.9 Å². The van der Waals surface area contributed by atoms with Crippen LogP contribution >= 0.6 is 23.2 Å². The molecule has 0 saturated carbocycles. The van der Waals surface area contributed by atoms with Crippen LogP contribution in [0.3, 0.4) is 0 Å². The molecule has 0 aliphatic rings. The van der Waals surface area contributed by atoms with E-state index in [1.54, 1.807) is 0 Å². The van der Waals surface area contributed by atoms with Gasteiger partial charge in [-0.3, -0.25) is 0 Å². The predicted molar refractivity (Wildman–Crippen MR) is 87.3 cm³/mol. The lowest BCUT2D eigenvalue weighted by atomic mass is 9.94. The predicted octanol–water partition coefficient (Wildman–Crippen LogP) is 6.33. The second-order valence-corrected chi connectivity index (χ2v) is 5.33. The Bertz CT molecular complexity index is 655. The molecule has 20 heavy (non-hydrogen) atoms. The average Bonchev–Trinajstić information content (AvgIpc) is 2.51. The Hall–Kier alpha value is -1.76. The van der Waals surface area contributed by atoms with Gasteiger partial charge in [0.1, 0.15) is 0 Å². The van der Waals surface area contributed by atoms with Crippen LogP contribution in [0.5, 0.6) is 0 Å². The van der Waals surface area contributed by atoms with Crippen LogP contribution < -0.4 is 0 Å². The fourth-order valence-corrected chi connectivity index (χ4v) is 2.86. The summed E-state index contributed by atoms with van der Waals surface area (Å²) in [5, 5.41) is 1.42. The van der Waals surface area contributed by atoms with Gasteiger partial charge in [0, 0.05) is 21.2 Å². The summed E-state index contributed by atoms with van der Waals surface area (Å²) in [7, 11) is 0. The van der Waals surface area contributed by atoms with Crippen LogP contribution in [0.1, 0.15) is 0 Å². The molecule has 0 amide bonds. The Labute approximate surface area is 128 Å². The van der Waals surface area contributed by atoms with E-state index in [1.165, 1.54) is 0 Å². The first kappa shape index (κ1) is 13.2. The van der Waals surface area contributed by atoms with Crippen LogP contribution in [0, 0.1) is 0 Å². The van der Waals surface area contributed by atoms with Crippen molar-refractivity contribution in [3.05, 3.63) is 82.8 Å². The van der Waals surface area contributed by atoms with E-state index in [2.05, 4.69) is 0 Å². The normalized spacial score (nSPS) is 10.5. The lowest BCUT2D eigenvalue weighted by Gasteiger charge is -2.14. The minimum atomic E-state index is 0.708. The first-order valence-corrected chi connectivity index (χ1v) is 7.12. The molecule has 0 aliphatic carbocycles. The fraction of sp³-hybridized carbons (Fsp3) is 0. The van der Waals surface area contributed by atoms with E-state index in [4.69, 9.17) is 23.2 Å². The highest BCUT2D eigenvalue weighted by molar-refractivity contribution is 6.38. The average molecular weight is 299 g/mol. The molecule has 0 nitrogen and oxygen atoms in total. The second kappa shape index (κ2) is 5.70. The van der Waals surface area contributed by atoms with Crippen molar-refractivity contribution in [2.24, 2.45) is 0 Å². The molecule has 0 heterocycles. The Morgan fingerprint density at radius 2 is 0.800 bits per heavy atom. The van der Waals surface area contributed by atoms with E-state index >= 15 is 0 Å². The van der Waals surface area contributed by atoms with Gasteiger partial charge in [0.25, 0.3) is 0 Å². The zero-order valence-electron chi connectivity index (χ0n) is 10.7. The van der Waals surface area contributed by atoms with Gasteiger partial charge in [-0.2, -0.15) is 0 Å². The maximum absolute atomic E-state index is 6.43. The number of halogens is 2. The molecule has 0 unspecified atom stereocenters. The fourth-order valence-electron chi connectivity index (χ4n) is 2.33. The van der Waals surface area contributed by atoms with Crippen LogP contribution in [-0.2, 0) is 0 Å². The molecule has 0 spiro atoms. The molecular formula is C18H12Cl2. The Balaban J connectivity index is 2.32. The monoisotopic (exact) mass is 298 g/mol. The van der Waals surface area contributed by atoms with Crippen molar-refractivity contribution >= 4 is 23.2 Å². The lowest BCUT2D eigenvalue weighted by Crippen LogP contribution is -1.88. The lowest BCUT2D eigenvalue weighted by molar-refractivity contribution is 1.58. The van der Waals surface area contributed by atoms with Crippen LogP contribution in [0.15, 0.2) is 72.8 Å². The maximum atomic E-state index is 6.43. The molecule has 3 rings (SSSR count). The van der Waals surface area contributed by atoms with Crippen molar-refractivity contribution in [2.75, 3.05) is 0 Å². The molecule has 0 saturated heterocycles. The van der Waals surface area contributed by atoms with Crippen LogP contribution in [0.4, 0.5) is 0 Å².